The van der Waals surface area contributed by atoms with E-state index in [4.69, 9.17) is 14.8 Å². The summed E-state index contributed by atoms with van der Waals surface area (Å²) >= 11 is 0. The average Bonchev–Trinajstić information content (AvgIpc) is 3.78. The average molecular weight is 761 g/mol. The van der Waals surface area contributed by atoms with Gasteiger partial charge in [-0.1, -0.05) is 88.5 Å². The third kappa shape index (κ3) is 13.5. The Morgan fingerprint density at radius 1 is 0.660 bits per heavy atom. The standard InChI is InChI=1S/C15H18O2.C8H11BO2.C8H9F3O5S.C8H10/c1-10-7-8-11(2)14(9-10)12-5-4-6-13(12)15(16)17-3;1-6-3-4-7(2)8(5-6)9(10)11;1-15-7(12)5-3-2-4-6(5)16-17(13,14)8(9,10)11;1-7-3-5-8(2)6-4-7/h7-9H,4-6H2,1-3H3;3-5,10-11H,1-2H3;2-4H2,1H3;3-6H,1-2H3. The molecule has 0 saturated heterocycles. The van der Waals surface area contributed by atoms with Gasteiger partial charge in [0, 0.05) is 12.0 Å². The maximum atomic E-state index is 12.0. The lowest BCUT2D eigenvalue weighted by molar-refractivity contribution is -0.137. The van der Waals surface area contributed by atoms with Crippen LogP contribution in [0, 0.1) is 41.5 Å². The summed E-state index contributed by atoms with van der Waals surface area (Å²) in [5, 5.41) is 17.8. The Bertz CT molecular complexity index is 1880. The maximum Gasteiger partial charge on any atom is 0.534 e. The van der Waals surface area contributed by atoms with Crippen LogP contribution < -0.4 is 5.46 Å². The first-order chi connectivity index (χ1) is 24.7. The molecule has 3 aromatic rings. The second-order valence-corrected chi connectivity index (χ2v) is 14.3. The van der Waals surface area contributed by atoms with Crippen molar-refractivity contribution in [2.24, 2.45) is 0 Å². The van der Waals surface area contributed by atoms with Crippen LogP contribution in [0.2, 0.25) is 0 Å². The molecule has 2 aliphatic carbocycles. The van der Waals surface area contributed by atoms with E-state index in [9.17, 15) is 31.2 Å². The molecule has 0 atom stereocenters. The van der Waals surface area contributed by atoms with Crippen LogP contribution in [-0.4, -0.2) is 57.3 Å². The lowest BCUT2D eigenvalue weighted by Gasteiger charge is -2.11. The van der Waals surface area contributed by atoms with E-state index in [2.05, 4.69) is 79.1 Å². The largest absolute Gasteiger partial charge is 0.534 e. The molecule has 9 nitrogen and oxygen atoms in total. The molecule has 288 valence electrons. The van der Waals surface area contributed by atoms with Crippen molar-refractivity contribution >= 4 is 40.2 Å². The second kappa shape index (κ2) is 20.2. The number of ether oxygens (including phenoxy) is 2. The lowest BCUT2D eigenvalue weighted by atomic mass is 9.77. The van der Waals surface area contributed by atoms with Crippen molar-refractivity contribution in [1.29, 1.82) is 0 Å². The van der Waals surface area contributed by atoms with Crippen LogP contribution in [0.1, 0.15) is 77.5 Å². The predicted octanol–water partition coefficient (Wildman–Crippen LogP) is 7.16. The first kappa shape index (κ1) is 44.8. The monoisotopic (exact) mass is 760 g/mol. The van der Waals surface area contributed by atoms with Gasteiger partial charge in [-0.15, -0.1) is 0 Å². The Morgan fingerprint density at radius 2 is 1.11 bits per heavy atom. The molecule has 0 saturated carbocycles. The Kier molecular flexibility index (Phi) is 17.0. The SMILES string of the molecule is COC(=O)C1=C(OS(=O)(=O)C(F)(F)F)CCC1.COC(=O)C1=C(c2cc(C)ccc2C)CCC1.Cc1ccc(C)c(B(O)O)c1.Cc1ccc(C)cc1. The van der Waals surface area contributed by atoms with Crippen LogP contribution in [0.25, 0.3) is 5.57 Å². The number of esters is 2. The van der Waals surface area contributed by atoms with Gasteiger partial charge in [0.05, 0.1) is 19.8 Å². The molecule has 2 N–H and O–H groups in total. The van der Waals surface area contributed by atoms with E-state index in [-0.39, 0.29) is 24.4 Å². The maximum absolute atomic E-state index is 12.0. The van der Waals surface area contributed by atoms with Gasteiger partial charge in [-0.3, -0.25) is 0 Å². The summed E-state index contributed by atoms with van der Waals surface area (Å²) in [6, 6.07) is 20.5. The minimum Gasteiger partial charge on any atom is -0.466 e. The molecule has 3 aromatic carbocycles. The van der Waals surface area contributed by atoms with Gasteiger partial charge in [-0.2, -0.15) is 21.6 Å². The summed E-state index contributed by atoms with van der Waals surface area (Å²) in [6.07, 6.45) is 3.31. The number of methoxy groups -OCH3 is 2. The van der Waals surface area contributed by atoms with E-state index in [1.807, 2.05) is 26.0 Å². The quantitative estimate of drug-likeness (QED) is 0.116. The summed E-state index contributed by atoms with van der Waals surface area (Å²) in [7, 11) is -4.58. The van der Waals surface area contributed by atoms with Crippen LogP contribution >= 0.6 is 0 Å². The zero-order valence-electron chi connectivity index (χ0n) is 31.4. The number of aryl methyl sites for hydroxylation is 6. The highest BCUT2D eigenvalue weighted by Gasteiger charge is 2.49. The summed E-state index contributed by atoms with van der Waals surface area (Å²) in [6.45, 7) is 12.1. The Morgan fingerprint density at radius 3 is 1.60 bits per heavy atom. The molecule has 0 heterocycles. The number of carbonyl (C=O) groups excluding carboxylic acids is 2. The van der Waals surface area contributed by atoms with Crippen molar-refractivity contribution in [3.8, 4) is 0 Å². The molecule has 14 heteroatoms. The third-order valence-electron chi connectivity index (χ3n) is 8.39. The first-order valence-corrected chi connectivity index (χ1v) is 18.3. The molecule has 0 radical (unpaired) electrons. The normalized spacial score (nSPS) is 13.8. The van der Waals surface area contributed by atoms with E-state index in [1.165, 1.54) is 40.5 Å². The number of carbonyl (C=O) groups is 2. The highest BCUT2D eigenvalue weighted by Crippen LogP contribution is 2.36. The molecule has 2 aliphatic rings. The number of benzene rings is 3. The number of hydrogen-bond donors (Lipinski definition) is 2. The molecule has 5 rings (SSSR count). The summed E-state index contributed by atoms with van der Waals surface area (Å²) < 4.78 is 70.7. The fourth-order valence-electron chi connectivity index (χ4n) is 5.45. The van der Waals surface area contributed by atoms with Crippen molar-refractivity contribution < 1.29 is 54.9 Å². The van der Waals surface area contributed by atoms with Crippen LogP contribution in [0.4, 0.5) is 13.2 Å². The molecule has 0 spiro atoms. The van der Waals surface area contributed by atoms with Crippen LogP contribution in [-0.2, 0) is 33.4 Å². The van der Waals surface area contributed by atoms with Gasteiger partial charge in [-0.05, 0) is 95.8 Å². The Labute approximate surface area is 310 Å². The van der Waals surface area contributed by atoms with Gasteiger partial charge >= 0.3 is 34.7 Å². The molecule has 0 amide bonds. The second-order valence-electron chi connectivity index (χ2n) is 12.7. The highest BCUT2D eigenvalue weighted by molar-refractivity contribution is 7.87. The predicted molar refractivity (Wildman–Crippen MR) is 199 cm³/mol. The van der Waals surface area contributed by atoms with Crippen molar-refractivity contribution in [3.05, 3.63) is 117 Å². The van der Waals surface area contributed by atoms with Crippen molar-refractivity contribution in [3.63, 3.8) is 0 Å². The van der Waals surface area contributed by atoms with Crippen molar-refractivity contribution in [1.82, 2.24) is 0 Å². The molecular weight excluding hydrogens is 712 g/mol. The fraction of sp³-hybridized carbons (Fsp3) is 0.385. The van der Waals surface area contributed by atoms with Crippen LogP contribution in [0.3, 0.4) is 0 Å². The minimum atomic E-state index is -5.72. The number of allylic oxidation sites excluding steroid dienone is 2. The minimum absolute atomic E-state index is 0.0419. The van der Waals surface area contributed by atoms with E-state index in [1.54, 1.807) is 6.07 Å². The topological polar surface area (TPSA) is 136 Å². The van der Waals surface area contributed by atoms with E-state index in [0.717, 1.165) is 43.1 Å². The molecule has 0 aromatic heterocycles. The summed E-state index contributed by atoms with van der Waals surface area (Å²) in [5.41, 5.74) is 5.23. The molecular formula is C39H48BF3O9S. The number of alkyl halides is 3. The Balaban J connectivity index is 0.000000254. The van der Waals surface area contributed by atoms with Crippen LogP contribution in [0.5, 0.6) is 0 Å². The number of rotatable bonds is 6. The molecule has 0 aliphatic heterocycles. The van der Waals surface area contributed by atoms with Crippen LogP contribution in [0.15, 0.2) is 77.6 Å². The molecule has 53 heavy (non-hydrogen) atoms. The third-order valence-corrected chi connectivity index (χ3v) is 9.38. The van der Waals surface area contributed by atoms with Gasteiger partial charge in [0.2, 0.25) is 0 Å². The van der Waals surface area contributed by atoms with Crippen molar-refractivity contribution in [2.45, 2.75) is 85.6 Å². The highest BCUT2D eigenvalue weighted by atomic mass is 32.2. The van der Waals surface area contributed by atoms with Crippen molar-refractivity contribution in [2.75, 3.05) is 14.2 Å². The van der Waals surface area contributed by atoms with E-state index in [0.29, 0.717) is 11.9 Å². The molecule has 0 bridgehead atoms. The first-order valence-electron chi connectivity index (χ1n) is 16.9. The van der Waals surface area contributed by atoms with E-state index < -0.39 is 34.5 Å². The number of halogens is 3. The fourth-order valence-corrected chi connectivity index (χ4v) is 6.00. The Hall–Kier alpha value is -4.40. The zero-order valence-corrected chi connectivity index (χ0v) is 32.2. The summed E-state index contributed by atoms with van der Waals surface area (Å²) in [5.74, 6) is -1.54. The van der Waals surface area contributed by atoms with Gasteiger partial charge < -0.3 is 23.7 Å². The lowest BCUT2D eigenvalue weighted by Crippen LogP contribution is -2.32. The number of hydrogen-bond acceptors (Lipinski definition) is 9. The van der Waals surface area contributed by atoms with Gasteiger partial charge in [-0.25, -0.2) is 9.59 Å². The molecule has 0 fully saturated rings. The smallest absolute Gasteiger partial charge is 0.466 e. The van der Waals surface area contributed by atoms with Gasteiger partial charge in [0.25, 0.3) is 0 Å². The zero-order chi connectivity index (χ0) is 40.1. The summed E-state index contributed by atoms with van der Waals surface area (Å²) in [4.78, 5) is 22.8. The van der Waals surface area contributed by atoms with Gasteiger partial charge in [0.1, 0.15) is 5.76 Å². The van der Waals surface area contributed by atoms with E-state index >= 15 is 0 Å². The van der Waals surface area contributed by atoms with Gasteiger partial charge in [0.15, 0.2) is 0 Å². The molecule has 0 unspecified atom stereocenters.